The number of hydrogen-bond donors (Lipinski definition) is 1. The summed E-state index contributed by atoms with van der Waals surface area (Å²) >= 11 is 0. The molecule has 0 aliphatic heterocycles. The smallest absolute Gasteiger partial charge is 0.240 e. The first-order valence-electron chi connectivity index (χ1n) is 10.1. The van der Waals surface area contributed by atoms with Gasteiger partial charge in [0.15, 0.2) is 11.5 Å². The van der Waals surface area contributed by atoms with E-state index in [-0.39, 0.29) is 29.7 Å². The summed E-state index contributed by atoms with van der Waals surface area (Å²) in [4.78, 5) is 0.189. The number of benzene rings is 3. The normalized spacial score (nSPS) is 11.8. The maximum absolute atomic E-state index is 13.2. The molecule has 0 unspecified atom stereocenters. The van der Waals surface area contributed by atoms with E-state index in [1.807, 2.05) is 24.3 Å². The van der Waals surface area contributed by atoms with Crippen molar-refractivity contribution >= 4 is 26.4 Å². The summed E-state index contributed by atoms with van der Waals surface area (Å²) in [6.45, 7) is 0.126. The molecule has 2 aromatic heterocycles. The summed E-state index contributed by atoms with van der Waals surface area (Å²) in [6, 6.07) is 21.7. The number of rotatable bonds is 7. The maximum Gasteiger partial charge on any atom is 0.240 e. The lowest BCUT2D eigenvalue weighted by Gasteiger charge is -2.09. The Morgan fingerprint density at radius 2 is 1.70 bits per heavy atom. The molecule has 0 aliphatic carbocycles. The number of hydrogen-bond acceptors (Lipinski definition) is 6. The number of sulfonamides is 1. The first kappa shape index (κ1) is 21.0. The van der Waals surface area contributed by atoms with Crippen molar-refractivity contribution in [2.75, 3.05) is 13.2 Å². The number of ether oxygens (including phenoxy) is 1. The zero-order chi connectivity index (χ0) is 22.8. The monoisotopic (exact) mass is 463 g/mol. The average molecular weight is 463 g/mol. The van der Waals surface area contributed by atoms with Crippen molar-refractivity contribution < 1.29 is 17.5 Å². The van der Waals surface area contributed by atoms with E-state index in [0.29, 0.717) is 17.0 Å². The number of aromatic nitrogens is 4. The fourth-order valence-electron chi connectivity index (χ4n) is 3.38. The summed E-state index contributed by atoms with van der Waals surface area (Å²) in [5, 5.41) is 14.3. The molecule has 0 aliphatic rings. The van der Waals surface area contributed by atoms with E-state index in [4.69, 9.17) is 4.74 Å². The topological polar surface area (TPSA) is 98.5 Å². The van der Waals surface area contributed by atoms with E-state index in [1.165, 1.54) is 16.6 Å². The molecule has 0 saturated carbocycles. The van der Waals surface area contributed by atoms with E-state index in [2.05, 4.69) is 20.0 Å². The van der Waals surface area contributed by atoms with Crippen molar-refractivity contribution in [2.24, 2.45) is 0 Å². The van der Waals surface area contributed by atoms with Crippen LogP contribution < -0.4 is 9.46 Å². The van der Waals surface area contributed by atoms with Crippen molar-refractivity contribution in [2.45, 2.75) is 4.90 Å². The first-order valence-corrected chi connectivity index (χ1v) is 11.6. The van der Waals surface area contributed by atoms with Gasteiger partial charge in [0.25, 0.3) is 0 Å². The largest absolute Gasteiger partial charge is 0.475 e. The Morgan fingerprint density at radius 1 is 0.909 bits per heavy atom. The van der Waals surface area contributed by atoms with Crippen LogP contribution in [0.3, 0.4) is 0 Å². The van der Waals surface area contributed by atoms with E-state index in [9.17, 15) is 12.8 Å². The van der Waals surface area contributed by atoms with Gasteiger partial charge in [-0.1, -0.05) is 30.3 Å². The Morgan fingerprint density at radius 3 is 2.52 bits per heavy atom. The molecule has 8 nitrogen and oxygen atoms in total. The zero-order valence-corrected chi connectivity index (χ0v) is 18.0. The highest BCUT2D eigenvalue weighted by Crippen LogP contribution is 2.20. The van der Waals surface area contributed by atoms with Crippen molar-refractivity contribution in [3.8, 4) is 17.3 Å². The molecule has 3 aromatic carbocycles. The molecule has 0 bridgehead atoms. The van der Waals surface area contributed by atoms with Gasteiger partial charge in [-0.25, -0.2) is 17.5 Å². The van der Waals surface area contributed by atoms with Crippen LogP contribution in [0.15, 0.2) is 83.8 Å². The van der Waals surface area contributed by atoms with Crippen LogP contribution in [0.25, 0.3) is 27.8 Å². The SMILES string of the molecule is O=S(=O)(NCCOc1ccc2nnc(-c3ccc(F)cc3)n2n1)c1ccc2ccccc2c1. The molecule has 10 heteroatoms. The van der Waals surface area contributed by atoms with E-state index < -0.39 is 10.0 Å². The minimum atomic E-state index is -3.68. The van der Waals surface area contributed by atoms with Gasteiger partial charge in [0.2, 0.25) is 15.9 Å². The third-order valence-corrected chi connectivity index (χ3v) is 6.47. The van der Waals surface area contributed by atoms with Crippen molar-refractivity contribution in [3.63, 3.8) is 0 Å². The standard InChI is InChI=1S/C23H18FN5O3S/c24-19-8-5-17(6-9-19)23-27-26-21-11-12-22(28-29(21)23)32-14-13-25-33(30,31)20-10-7-16-3-1-2-4-18(16)15-20/h1-12,15,25H,13-14H2. The highest BCUT2D eigenvalue weighted by Gasteiger charge is 2.14. The van der Waals surface area contributed by atoms with Crippen LogP contribution in [0, 0.1) is 5.82 Å². The van der Waals surface area contributed by atoms with Gasteiger partial charge in [-0.05, 0) is 53.2 Å². The molecule has 0 saturated heterocycles. The van der Waals surface area contributed by atoms with Gasteiger partial charge in [-0.2, -0.15) is 4.52 Å². The second kappa shape index (κ2) is 8.57. The molecule has 0 spiro atoms. The molecule has 5 aromatic rings. The second-order valence-electron chi connectivity index (χ2n) is 7.23. The molecule has 0 atom stereocenters. The fraction of sp³-hybridized carbons (Fsp3) is 0.0870. The van der Waals surface area contributed by atoms with E-state index >= 15 is 0 Å². The lowest BCUT2D eigenvalue weighted by molar-refractivity contribution is 0.306. The van der Waals surface area contributed by atoms with Gasteiger partial charge in [0, 0.05) is 18.2 Å². The average Bonchev–Trinajstić information content (AvgIpc) is 3.25. The van der Waals surface area contributed by atoms with Crippen molar-refractivity contribution in [1.29, 1.82) is 0 Å². The predicted molar refractivity (Wildman–Crippen MR) is 121 cm³/mol. The Kier molecular flexibility index (Phi) is 5.45. The Bertz CT molecular complexity index is 1550. The van der Waals surface area contributed by atoms with E-state index in [0.717, 1.165) is 10.8 Å². The summed E-state index contributed by atoms with van der Waals surface area (Å²) in [5.41, 5.74) is 1.15. The molecule has 33 heavy (non-hydrogen) atoms. The summed E-state index contributed by atoms with van der Waals surface area (Å²) in [6.07, 6.45) is 0. The van der Waals surface area contributed by atoms with Crippen LogP contribution in [0.5, 0.6) is 5.88 Å². The molecular formula is C23H18FN5O3S. The number of fused-ring (bicyclic) bond motifs is 2. The Hall–Kier alpha value is -3.89. The predicted octanol–water partition coefficient (Wildman–Crippen LogP) is 3.44. The molecule has 1 N–H and O–H groups in total. The quantitative estimate of drug-likeness (QED) is 0.371. The Labute approximate surface area is 188 Å². The lowest BCUT2D eigenvalue weighted by atomic mass is 10.1. The van der Waals surface area contributed by atoms with Crippen molar-refractivity contribution in [1.82, 2.24) is 24.5 Å². The number of nitrogens with zero attached hydrogens (tertiary/aromatic N) is 4. The van der Waals surface area contributed by atoms with Gasteiger partial charge in [0.05, 0.1) is 4.90 Å². The van der Waals surface area contributed by atoms with Crippen LogP contribution in [-0.2, 0) is 10.0 Å². The zero-order valence-electron chi connectivity index (χ0n) is 17.2. The lowest BCUT2D eigenvalue weighted by Crippen LogP contribution is -2.28. The number of nitrogens with one attached hydrogen (secondary N) is 1. The third-order valence-electron chi connectivity index (χ3n) is 5.02. The fourth-order valence-corrected chi connectivity index (χ4v) is 4.43. The highest BCUT2D eigenvalue weighted by molar-refractivity contribution is 7.89. The van der Waals surface area contributed by atoms with Crippen LogP contribution in [0.2, 0.25) is 0 Å². The van der Waals surface area contributed by atoms with Gasteiger partial charge in [0.1, 0.15) is 12.4 Å². The van der Waals surface area contributed by atoms with Crippen molar-refractivity contribution in [3.05, 3.63) is 84.7 Å². The molecule has 5 rings (SSSR count). The maximum atomic E-state index is 13.2. The molecule has 0 amide bonds. The third kappa shape index (κ3) is 4.38. The highest BCUT2D eigenvalue weighted by atomic mass is 32.2. The summed E-state index contributed by atoms with van der Waals surface area (Å²) in [5.74, 6) is 0.360. The van der Waals surface area contributed by atoms with Gasteiger partial charge < -0.3 is 4.74 Å². The summed E-state index contributed by atoms with van der Waals surface area (Å²) in [7, 11) is -3.68. The van der Waals surface area contributed by atoms with Gasteiger partial charge in [-0.15, -0.1) is 15.3 Å². The minimum Gasteiger partial charge on any atom is -0.475 e. The number of halogens is 1. The Balaban J connectivity index is 1.26. The van der Waals surface area contributed by atoms with Gasteiger partial charge >= 0.3 is 0 Å². The van der Waals surface area contributed by atoms with Gasteiger partial charge in [-0.3, -0.25) is 0 Å². The minimum absolute atomic E-state index is 0.0574. The van der Waals surface area contributed by atoms with Crippen LogP contribution in [0.4, 0.5) is 4.39 Å². The van der Waals surface area contributed by atoms with Crippen LogP contribution in [-0.4, -0.2) is 41.4 Å². The summed E-state index contributed by atoms with van der Waals surface area (Å²) < 4.78 is 48.1. The molecular weight excluding hydrogens is 445 g/mol. The molecule has 2 heterocycles. The second-order valence-corrected chi connectivity index (χ2v) is 8.99. The van der Waals surface area contributed by atoms with Crippen LogP contribution >= 0.6 is 0 Å². The molecule has 0 radical (unpaired) electrons. The van der Waals surface area contributed by atoms with Crippen LogP contribution in [0.1, 0.15) is 0 Å². The molecule has 166 valence electrons. The van der Waals surface area contributed by atoms with E-state index in [1.54, 1.807) is 42.5 Å². The first-order chi connectivity index (χ1) is 16.0. The molecule has 0 fully saturated rings.